The number of anilines is 1. The Labute approximate surface area is 111 Å². The maximum atomic E-state index is 12.2. The van der Waals surface area contributed by atoms with Crippen molar-refractivity contribution in [1.82, 2.24) is 4.90 Å². The highest BCUT2D eigenvalue weighted by molar-refractivity contribution is 5.95. The molecule has 1 rings (SSSR count). The van der Waals surface area contributed by atoms with Crippen LogP contribution in [0.5, 0.6) is 0 Å². The summed E-state index contributed by atoms with van der Waals surface area (Å²) >= 11 is 0. The van der Waals surface area contributed by atoms with Gasteiger partial charge in [-0.3, -0.25) is 20.8 Å². The largest absolute Gasteiger partial charge is 0.406 e. The summed E-state index contributed by atoms with van der Waals surface area (Å²) in [6, 6.07) is 3.16. The molecule has 10 heteroatoms. The summed E-state index contributed by atoms with van der Waals surface area (Å²) in [4.78, 5) is 22.1. The lowest BCUT2D eigenvalue weighted by molar-refractivity contribution is -0.384. The number of rotatable bonds is 4. The van der Waals surface area contributed by atoms with Crippen molar-refractivity contribution in [2.75, 3.05) is 19.0 Å². The van der Waals surface area contributed by atoms with Crippen LogP contribution in [0.2, 0.25) is 0 Å². The van der Waals surface area contributed by atoms with E-state index in [9.17, 15) is 28.1 Å². The summed E-state index contributed by atoms with van der Waals surface area (Å²) in [5, 5.41) is 10.8. The number of nitrogens with zero attached hydrogens (tertiary/aromatic N) is 2. The van der Waals surface area contributed by atoms with Gasteiger partial charge in [0.2, 0.25) is 0 Å². The van der Waals surface area contributed by atoms with Crippen molar-refractivity contribution in [3.05, 3.63) is 33.9 Å². The lowest BCUT2D eigenvalue weighted by atomic mass is 10.1. The van der Waals surface area contributed by atoms with Gasteiger partial charge in [0.05, 0.1) is 4.92 Å². The van der Waals surface area contributed by atoms with Crippen molar-refractivity contribution >= 4 is 17.3 Å². The van der Waals surface area contributed by atoms with Gasteiger partial charge in [-0.15, -0.1) is 0 Å². The second-order valence-corrected chi connectivity index (χ2v) is 3.91. The molecule has 20 heavy (non-hydrogen) atoms. The Hall–Kier alpha value is -2.36. The number of nitrogen functional groups attached to an aromatic ring is 1. The number of amides is 1. The fourth-order valence-corrected chi connectivity index (χ4v) is 1.50. The van der Waals surface area contributed by atoms with E-state index in [2.05, 4.69) is 5.43 Å². The van der Waals surface area contributed by atoms with Crippen LogP contribution in [0, 0.1) is 10.1 Å². The van der Waals surface area contributed by atoms with Gasteiger partial charge in [0.25, 0.3) is 11.6 Å². The predicted molar refractivity (Wildman–Crippen MR) is 63.9 cm³/mol. The lowest BCUT2D eigenvalue weighted by Crippen LogP contribution is -2.35. The van der Waals surface area contributed by atoms with E-state index in [1.165, 1.54) is 0 Å². The molecule has 0 unspecified atom stereocenters. The van der Waals surface area contributed by atoms with Crippen LogP contribution in [0.1, 0.15) is 10.4 Å². The zero-order valence-electron chi connectivity index (χ0n) is 10.3. The maximum Gasteiger partial charge on any atom is 0.406 e. The monoisotopic (exact) mass is 292 g/mol. The Morgan fingerprint density at radius 2 is 2.10 bits per heavy atom. The smallest absolute Gasteiger partial charge is 0.333 e. The topological polar surface area (TPSA) is 102 Å². The van der Waals surface area contributed by atoms with Crippen LogP contribution in [0.25, 0.3) is 0 Å². The molecule has 3 N–H and O–H groups in total. The first-order valence-electron chi connectivity index (χ1n) is 5.23. The van der Waals surface area contributed by atoms with E-state index in [0.717, 1.165) is 25.2 Å². The molecule has 0 aromatic heterocycles. The molecular weight excluding hydrogens is 281 g/mol. The minimum absolute atomic E-state index is 0.0509. The predicted octanol–water partition coefficient (Wildman–Crippen LogP) is 1.51. The average molecular weight is 292 g/mol. The first kappa shape index (κ1) is 15.7. The molecule has 1 aromatic rings. The minimum atomic E-state index is -4.55. The minimum Gasteiger partial charge on any atom is -0.333 e. The van der Waals surface area contributed by atoms with Crippen molar-refractivity contribution in [2.24, 2.45) is 5.84 Å². The van der Waals surface area contributed by atoms with Crippen molar-refractivity contribution in [2.45, 2.75) is 6.18 Å². The van der Waals surface area contributed by atoms with Crippen molar-refractivity contribution in [3.63, 3.8) is 0 Å². The van der Waals surface area contributed by atoms with Gasteiger partial charge in [-0.05, 0) is 12.1 Å². The Morgan fingerprint density at radius 3 is 2.55 bits per heavy atom. The molecular formula is C10H11F3N4O3. The number of hydrogen-bond donors (Lipinski definition) is 2. The van der Waals surface area contributed by atoms with Gasteiger partial charge in [-0.25, -0.2) is 0 Å². The second-order valence-electron chi connectivity index (χ2n) is 3.91. The number of alkyl halides is 3. The molecule has 0 saturated carbocycles. The van der Waals surface area contributed by atoms with Crippen LogP contribution in [-0.2, 0) is 0 Å². The standard InChI is InChI=1S/C10H11F3N4O3/c1-16(5-10(11,12)13)9(18)6-2-3-7(15-14)8(4-6)17(19)20/h2-4,15H,5,14H2,1H3. The van der Waals surface area contributed by atoms with Gasteiger partial charge in [0.1, 0.15) is 12.2 Å². The van der Waals surface area contributed by atoms with Gasteiger partial charge < -0.3 is 10.3 Å². The summed E-state index contributed by atoms with van der Waals surface area (Å²) in [5.74, 6) is 4.08. The molecule has 0 aliphatic heterocycles. The fraction of sp³-hybridized carbons (Fsp3) is 0.300. The summed E-state index contributed by atoms with van der Waals surface area (Å²) in [7, 11) is 0.955. The van der Waals surface area contributed by atoms with Crippen LogP contribution >= 0.6 is 0 Å². The van der Waals surface area contributed by atoms with E-state index in [4.69, 9.17) is 5.84 Å². The van der Waals surface area contributed by atoms with Gasteiger partial charge in [-0.1, -0.05) is 0 Å². The number of hydrogen-bond acceptors (Lipinski definition) is 5. The molecule has 0 heterocycles. The number of carbonyl (C=O) groups is 1. The third-order valence-corrected chi connectivity index (χ3v) is 2.36. The molecule has 0 radical (unpaired) electrons. The summed E-state index contributed by atoms with van der Waals surface area (Å²) in [6.45, 7) is -1.45. The first-order chi connectivity index (χ1) is 9.15. The van der Waals surface area contributed by atoms with E-state index < -0.39 is 29.2 Å². The summed E-state index contributed by atoms with van der Waals surface area (Å²) in [5.41, 5.74) is 1.28. The third-order valence-electron chi connectivity index (χ3n) is 2.36. The molecule has 0 spiro atoms. The highest BCUT2D eigenvalue weighted by Gasteiger charge is 2.32. The highest BCUT2D eigenvalue weighted by Crippen LogP contribution is 2.25. The molecule has 0 aliphatic carbocycles. The second kappa shape index (κ2) is 5.74. The van der Waals surface area contributed by atoms with Crippen LogP contribution in [0.3, 0.4) is 0 Å². The number of hydrazine groups is 1. The van der Waals surface area contributed by atoms with Crippen LogP contribution in [0.15, 0.2) is 18.2 Å². The fourth-order valence-electron chi connectivity index (χ4n) is 1.50. The van der Waals surface area contributed by atoms with Crippen LogP contribution in [0.4, 0.5) is 24.5 Å². The van der Waals surface area contributed by atoms with Crippen LogP contribution < -0.4 is 11.3 Å². The number of nitrogens with two attached hydrogens (primary N) is 1. The summed E-state index contributed by atoms with van der Waals surface area (Å²) in [6.07, 6.45) is -4.55. The molecule has 1 aromatic carbocycles. The van der Waals surface area contributed by atoms with Crippen LogP contribution in [-0.4, -0.2) is 35.5 Å². The molecule has 0 fully saturated rings. The quantitative estimate of drug-likeness (QED) is 0.497. The zero-order valence-corrected chi connectivity index (χ0v) is 10.3. The van der Waals surface area contributed by atoms with E-state index in [-0.39, 0.29) is 11.3 Å². The maximum absolute atomic E-state index is 12.2. The Morgan fingerprint density at radius 1 is 1.50 bits per heavy atom. The van der Waals surface area contributed by atoms with Gasteiger partial charge >= 0.3 is 6.18 Å². The van der Waals surface area contributed by atoms with Crippen molar-refractivity contribution in [1.29, 1.82) is 0 Å². The number of nitrogens with one attached hydrogen (secondary N) is 1. The van der Waals surface area contributed by atoms with E-state index in [1.807, 2.05) is 0 Å². The highest BCUT2D eigenvalue weighted by atomic mass is 19.4. The SMILES string of the molecule is CN(CC(F)(F)F)C(=O)c1ccc(NN)c([N+](=O)[O-])c1. The van der Waals surface area contributed by atoms with E-state index in [1.54, 1.807) is 0 Å². The van der Waals surface area contributed by atoms with Crippen molar-refractivity contribution < 1.29 is 22.9 Å². The Bertz CT molecular complexity index is 533. The van der Waals surface area contributed by atoms with Gasteiger partial charge in [-0.2, -0.15) is 13.2 Å². The molecule has 0 atom stereocenters. The average Bonchev–Trinajstić information content (AvgIpc) is 2.34. The number of benzene rings is 1. The van der Waals surface area contributed by atoms with Gasteiger partial charge in [0.15, 0.2) is 0 Å². The molecule has 1 amide bonds. The van der Waals surface area contributed by atoms with E-state index >= 15 is 0 Å². The lowest BCUT2D eigenvalue weighted by Gasteiger charge is -2.19. The summed E-state index contributed by atoms with van der Waals surface area (Å²) < 4.78 is 36.5. The number of nitro groups is 1. The van der Waals surface area contributed by atoms with Gasteiger partial charge in [0, 0.05) is 18.7 Å². The first-order valence-corrected chi connectivity index (χ1v) is 5.23. The number of nitro benzene ring substituents is 1. The number of halogens is 3. The Kier molecular flexibility index (Phi) is 4.50. The third kappa shape index (κ3) is 3.82. The van der Waals surface area contributed by atoms with Crippen molar-refractivity contribution in [3.8, 4) is 0 Å². The van der Waals surface area contributed by atoms with E-state index in [0.29, 0.717) is 4.90 Å². The molecule has 0 aliphatic rings. The normalized spacial score (nSPS) is 11.1. The number of carbonyl (C=O) groups excluding carboxylic acids is 1. The molecule has 110 valence electrons. The zero-order chi connectivity index (χ0) is 15.5. The molecule has 0 saturated heterocycles. The molecule has 7 nitrogen and oxygen atoms in total. The molecule has 0 bridgehead atoms. The Balaban J connectivity index is 3.05.